The number of benzene rings is 2. The Hall–Kier alpha value is -2.25. The molecule has 2 aliphatic rings. The van der Waals surface area contributed by atoms with E-state index in [4.69, 9.17) is 0 Å². The predicted octanol–water partition coefficient (Wildman–Crippen LogP) is 3.59. The lowest BCUT2D eigenvalue weighted by molar-refractivity contribution is 0.0981. The number of amides is 1. The summed E-state index contributed by atoms with van der Waals surface area (Å²) in [7, 11) is -3.96. The molecule has 0 bridgehead atoms. The van der Waals surface area contributed by atoms with Crippen molar-refractivity contribution in [1.82, 2.24) is 4.31 Å². The van der Waals surface area contributed by atoms with Gasteiger partial charge >= 0.3 is 0 Å². The van der Waals surface area contributed by atoms with E-state index in [1.165, 1.54) is 16.4 Å². The molecule has 0 unspecified atom stereocenters. The number of piperidine rings is 1. The van der Waals surface area contributed by atoms with E-state index in [2.05, 4.69) is 0 Å². The van der Waals surface area contributed by atoms with Crippen molar-refractivity contribution in [3.63, 3.8) is 0 Å². The zero-order valence-corrected chi connectivity index (χ0v) is 16.6. The van der Waals surface area contributed by atoms with Gasteiger partial charge in [-0.1, -0.05) is 24.6 Å². The molecule has 28 heavy (non-hydrogen) atoms. The van der Waals surface area contributed by atoms with Crippen LogP contribution >= 0.6 is 0 Å². The maximum atomic E-state index is 14.4. The van der Waals surface area contributed by atoms with Crippen molar-refractivity contribution >= 4 is 21.6 Å². The van der Waals surface area contributed by atoms with E-state index < -0.39 is 20.7 Å². The van der Waals surface area contributed by atoms with Crippen molar-refractivity contribution in [3.05, 3.63) is 59.4 Å². The summed E-state index contributed by atoms with van der Waals surface area (Å²) in [6.45, 7) is 2.72. The SMILES string of the molecule is C[C@@H]1Cc2ccccc2N1C(=O)c1ccc(F)c(S(=O)(=O)N2CCCCC2)c1. The maximum Gasteiger partial charge on any atom is 0.258 e. The third kappa shape index (κ3) is 3.22. The van der Waals surface area contributed by atoms with Gasteiger partial charge in [-0.2, -0.15) is 4.31 Å². The fraction of sp³-hybridized carbons (Fsp3) is 0.381. The highest BCUT2D eigenvalue weighted by molar-refractivity contribution is 7.89. The molecule has 0 radical (unpaired) electrons. The third-order valence-electron chi connectivity index (χ3n) is 5.54. The highest BCUT2D eigenvalue weighted by Gasteiger charge is 2.33. The van der Waals surface area contributed by atoms with Gasteiger partial charge in [0.25, 0.3) is 5.91 Å². The molecule has 5 nitrogen and oxygen atoms in total. The van der Waals surface area contributed by atoms with Gasteiger partial charge in [0.15, 0.2) is 0 Å². The number of carbonyl (C=O) groups is 1. The van der Waals surface area contributed by atoms with Crippen LogP contribution in [-0.4, -0.2) is 37.8 Å². The molecule has 148 valence electrons. The van der Waals surface area contributed by atoms with Crippen molar-refractivity contribution in [1.29, 1.82) is 0 Å². The minimum atomic E-state index is -3.96. The number of rotatable bonds is 3. The van der Waals surface area contributed by atoms with Crippen LogP contribution in [0.25, 0.3) is 0 Å². The average Bonchev–Trinajstić information content (AvgIpc) is 3.04. The zero-order chi connectivity index (χ0) is 19.9. The van der Waals surface area contributed by atoms with E-state index in [9.17, 15) is 17.6 Å². The van der Waals surface area contributed by atoms with Gasteiger partial charge in [-0.15, -0.1) is 0 Å². The monoisotopic (exact) mass is 402 g/mol. The van der Waals surface area contributed by atoms with Crippen LogP contribution in [0.3, 0.4) is 0 Å². The second-order valence-corrected chi connectivity index (χ2v) is 9.37. The molecule has 0 spiro atoms. The molecule has 1 amide bonds. The van der Waals surface area contributed by atoms with E-state index in [-0.39, 0.29) is 17.5 Å². The molecule has 2 aromatic carbocycles. The van der Waals surface area contributed by atoms with Crippen LogP contribution in [0.2, 0.25) is 0 Å². The lowest BCUT2D eigenvalue weighted by Gasteiger charge is -2.26. The average molecular weight is 402 g/mol. The molecule has 2 heterocycles. The topological polar surface area (TPSA) is 57.7 Å². The summed E-state index contributed by atoms with van der Waals surface area (Å²) in [5, 5.41) is 0. The van der Waals surface area contributed by atoms with E-state index in [1.54, 1.807) is 4.90 Å². The van der Waals surface area contributed by atoms with Crippen molar-refractivity contribution in [2.45, 2.75) is 43.5 Å². The first-order valence-electron chi connectivity index (χ1n) is 9.61. The Labute approximate surface area is 164 Å². The number of halogens is 1. The quantitative estimate of drug-likeness (QED) is 0.788. The molecular formula is C21H23FN2O3S. The molecule has 4 rings (SSSR count). The normalized spacial score (nSPS) is 20.2. The van der Waals surface area contributed by atoms with E-state index in [0.717, 1.165) is 43.0 Å². The second kappa shape index (κ2) is 7.29. The smallest absolute Gasteiger partial charge is 0.258 e. The first-order valence-corrected chi connectivity index (χ1v) is 11.0. The van der Waals surface area contributed by atoms with Crippen LogP contribution < -0.4 is 4.90 Å². The van der Waals surface area contributed by atoms with Crippen LogP contribution in [0.5, 0.6) is 0 Å². The van der Waals surface area contributed by atoms with E-state index in [0.29, 0.717) is 13.1 Å². The number of hydrogen-bond donors (Lipinski definition) is 0. The largest absolute Gasteiger partial charge is 0.305 e. The minimum Gasteiger partial charge on any atom is -0.305 e. The van der Waals surface area contributed by atoms with Gasteiger partial charge in [-0.3, -0.25) is 4.79 Å². The summed E-state index contributed by atoms with van der Waals surface area (Å²) in [6.07, 6.45) is 3.24. The molecule has 1 atom stereocenters. The molecule has 0 aromatic heterocycles. The fourth-order valence-electron chi connectivity index (χ4n) is 4.09. The molecule has 7 heteroatoms. The summed E-state index contributed by atoms with van der Waals surface area (Å²) in [6, 6.07) is 11.3. The Morgan fingerprint density at radius 2 is 1.79 bits per heavy atom. The number of sulfonamides is 1. The zero-order valence-electron chi connectivity index (χ0n) is 15.8. The Kier molecular flexibility index (Phi) is 4.97. The number of nitrogens with zero attached hydrogens (tertiary/aromatic N) is 2. The Bertz CT molecular complexity index is 1020. The van der Waals surface area contributed by atoms with Gasteiger partial charge in [0.1, 0.15) is 10.7 Å². The van der Waals surface area contributed by atoms with Gasteiger partial charge in [-0.25, -0.2) is 12.8 Å². The number of para-hydroxylation sites is 1. The number of hydrogen-bond acceptors (Lipinski definition) is 3. The minimum absolute atomic E-state index is 0.0443. The maximum absolute atomic E-state index is 14.4. The molecule has 0 N–H and O–H groups in total. The molecule has 1 saturated heterocycles. The van der Waals surface area contributed by atoms with Gasteiger partial charge < -0.3 is 4.90 Å². The van der Waals surface area contributed by atoms with Gasteiger partial charge in [0.05, 0.1) is 0 Å². The Balaban J connectivity index is 1.70. The van der Waals surface area contributed by atoms with Gasteiger partial charge in [-0.05, 0) is 56.0 Å². The summed E-state index contributed by atoms with van der Waals surface area (Å²) in [5.74, 6) is -1.13. The lowest BCUT2D eigenvalue weighted by Crippen LogP contribution is -2.37. The van der Waals surface area contributed by atoms with E-state index in [1.807, 2.05) is 31.2 Å². The fourth-order valence-corrected chi connectivity index (χ4v) is 5.70. The van der Waals surface area contributed by atoms with Crippen molar-refractivity contribution in [3.8, 4) is 0 Å². The molecule has 2 aliphatic heterocycles. The molecule has 0 aliphatic carbocycles. The highest BCUT2D eigenvalue weighted by atomic mass is 32.2. The van der Waals surface area contributed by atoms with Crippen LogP contribution in [0.15, 0.2) is 47.4 Å². The number of anilines is 1. The standard InChI is InChI=1S/C21H23FN2O3S/c1-15-13-16-7-3-4-8-19(16)24(15)21(25)17-9-10-18(22)20(14-17)28(26,27)23-11-5-2-6-12-23/h3-4,7-10,14-15H,2,5-6,11-13H2,1H3/t15-/m1/s1. The number of fused-ring (bicyclic) bond motifs is 1. The molecule has 1 fully saturated rings. The van der Waals surface area contributed by atoms with Crippen LogP contribution in [-0.2, 0) is 16.4 Å². The number of carbonyl (C=O) groups excluding carboxylic acids is 1. The van der Waals surface area contributed by atoms with Gasteiger partial charge in [0.2, 0.25) is 10.0 Å². The Morgan fingerprint density at radius 3 is 2.54 bits per heavy atom. The Morgan fingerprint density at radius 1 is 1.07 bits per heavy atom. The summed E-state index contributed by atoms with van der Waals surface area (Å²) < 4.78 is 41.6. The summed E-state index contributed by atoms with van der Waals surface area (Å²) >= 11 is 0. The van der Waals surface area contributed by atoms with Gasteiger partial charge in [0, 0.05) is 30.4 Å². The summed E-state index contributed by atoms with van der Waals surface area (Å²) in [5.41, 5.74) is 2.08. The highest BCUT2D eigenvalue weighted by Crippen LogP contribution is 2.33. The summed E-state index contributed by atoms with van der Waals surface area (Å²) in [4.78, 5) is 14.4. The van der Waals surface area contributed by atoms with Crippen LogP contribution in [0.1, 0.15) is 42.1 Å². The first kappa shape index (κ1) is 19.1. The van der Waals surface area contributed by atoms with Crippen molar-refractivity contribution < 1.29 is 17.6 Å². The van der Waals surface area contributed by atoms with Crippen molar-refractivity contribution in [2.24, 2.45) is 0 Å². The van der Waals surface area contributed by atoms with Crippen LogP contribution in [0.4, 0.5) is 10.1 Å². The van der Waals surface area contributed by atoms with Crippen LogP contribution in [0, 0.1) is 5.82 Å². The molecule has 0 saturated carbocycles. The second-order valence-electron chi connectivity index (χ2n) is 7.47. The molecule has 2 aromatic rings. The molecular weight excluding hydrogens is 379 g/mol. The van der Waals surface area contributed by atoms with Crippen molar-refractivity contribution in [2.75, 3.05) is 18.0 Å². The third-order valence-corrected chi connectivity index (χ3v) is 7.45. The lowest BCUT2D eigenvalue weighted by atomic mass is 10.1. The van der Waals surface area contributed by atoms with E-state index >= 15 is 0 Å². The first-order chi connectivity index (χ1) is 13.4. The predicted molar refractivity (Wildman–Crippen MR) is 105 cm³/mol.